The highest BCUT2D eigenvalue weighted by atomic mass is 16.5. The van der Waals surface area contributed by atoms with Gasteiger partial charge in [0.25, 0.3) is 0 Å². The molecule has 2 aliphatic rings. The van der Waals surface area contributed by atoms with Crippen molar-refractivity contribution >= 4 is 11.9 Å². The fourth-order valence-corrected chi connectivity index (χ4v) is 4.08. The van der Waals surface area contributed by atoms with Gasteiger partial charge in [-0.3, -0.25) is 9.79 Å². The quantitative estimate of drug-likeness (QED) is 0.416. The number of benzene rings is 1. The van der Waals surface area contributed by atoms with E-state index < -0.39 is 0 Å². The van der Waals surface area contributed by atoms with E-state index in [-0.39, 0.29) is 12.0 Å². The molecule has 0 radical (unpaired) electrons. The number of guanidine groups is 1. The lowest BCUT2D eigenvalue weighted by atomic mass is 9.88. The number of hydrogen-bond donors (Lipinski definition) is 2. The highest BCUT2D eigenvalue weighted by molar-refractivity contribution is 5.81. The molecular weight excluding hydrogens is 368 g/mol. The second kappa shape index (κ2) is 10.9. The zero-order valence-electron chi connectivity index (χ0n) is 17.7. The van der Waals surface area contributed by atoms with Crippen LogP contribution in [0.15, 0.2) is 29.3 Å². The van der Waals surface area contributed by atoms with Gasteiger partial charge in [-0.25, -0.2) is 0 Å². The van der Waals surface area contributed by atoms with Gasteiger partial charge in [0.15, 0.2) is 5.96 Å². The normalized spacial score (nSPS) is 20.4. The van der Waals surface area contributed by atoms with Crippen molar-refractivity contribution in [3.63, 3.8) is 0 Å². The zero-order chi connectivity index (χ0) is 20.5. The van der Waals surface area contributed by atoms with E-state index in [1.54, 1.807) is 14.2 Å². The van der Waals surface area contributed by atoms with Crippen LogP contribution in [0, 0.1) is 5.92 Å². The van der Waals surface area contributed by atoms with Crippen LogP contribution in [0.25, 0.3) is 0 Å². The monoisotopic (exact) mass is 402 g/mol. The summed E-state index contributed by atoms with van der Waals surface area (Å²) < 4.78 is 10.9. The Hall–Kier alpha value is -2.44. The number of rotatable bonds is 7. The van der Waals surface area contributed by atoms with Crippen molar-refractivity contribution in [2.45, 2.75) is 44.6 Å². The molecule has 1 atom stereocenters. The highest BCUT2D eigenvalue weighted by Crippen LogP contribution is 2.26. The largest absolute Gasteiger partial charge is 0.497 e. The maximum Gasteiger partial charge on any atom is 0.225 e. The molecule has 2 fully saturated rings. The smallest absolute Gasteiger partial charge is 0.225 e. The third kappa shape index (κ3) is 6.27. The maximum absolute atomic E-state index is 12.7. The van der Waals surface area contributed by atoms with E-state index in [4.69, 9.17) is 9.47 Å². The first-order chi connectivity index (χ1) is 14.2. The lowest BCUT2D eigenvalue weighted by Gasteiger charge is -2.26. The van der Waals surface area contributed by atoms with Crippen LogP contribution in [0.1, 0.15) is 38.5 Å². The van der Waals surface area contributed by atoms with Crippen molar-refractivity contribution in [3.8, 4) is 11.5 Å². The number of likely N-dealkylation sites (tertiary alicyclic amines) is 1. The van der Waals surface area contributed by atoms with Crippen LogP contribution in [0.3, 0.4) is 0 Å². The number of hydrogen-bond acceptors (Lipinski definition) is 4. The van der Waals surface area contributed by atoms with Crippen molar-refractivity contribution in [1.29, 1.82) is 0 Å². The van der Waals surface area contributed by atoms with Crippen LogP contribution in [0.4, 0.5) is 0 Å². The molecule has 1 aliphatic heterocycles. The van der Waals surface area contributed by atoms with Crippen molar-refractivity contribution in [1.82, 2.24) is 15.5 Å². The van der Waals surface area contributed by atoms with E-state index in [1.807, 2.05) is 29.2 Å². The number of carbonyl (C=O) groups excluding carboxylic acids is 1. The molecule has 2 N–H and O–H groups in total. The van der Waals surface area contributed by atoms with Crippen LogP contribution < -0.4 is 20.1 Å². The summed E-state index contributed by atoms with van der Waals surface area (Å²) in [6.07, 6.45) is 6.75. The van der Waals surface area contributed by atoms with E-state index in [0.29, 0.717) is 19.1 Å². The molecule has 1 heterocycles. The molecular formula is C22H34N4O3. The summed E-state index contributed by atoms with van der Waals surface area (Å²) in [5.74, 6) is 2.97. The Bertz CT molecular complexity index is 671. The molecule has 0 aromatic heterocycles. The Morgan fingerprint density at radius 3 is 2.55 bits per heavy atom. The van der Waals surface area contributed by atoms with E-state index in [0.717, 1.165) is 49.8 Å². The molecule has 0 spiro atoms. The molecule has 1 saturated heterocycles. The number of nitrogens with one attached hydrogen (secondary N) is 2. The zero-order valence-corrected chi connectivity index (χ0v) is 17.7. The Labute approximate surface area is 173 Å². The summed E-state index contributed by atoms with van der Waals surface area (Å²) in [6, 6.07) is 7.79. The molecule has 1 aliphatic carbocycles. The van der Waals surface area contributed by atoms with Gasteiger partial charge in [0.2, 0.25) is 5.91 Å². The van der Waals surface area contributed by atoms with Crippen molar-refractivity contribution in [2.75, 3.05) is 40.4 Å². The Balaban J connectivity index is 1.36. The molecule has 1 aromatic rings. The summed E-state index contributed by atoms with van der Waals surface area (Å²) in [5.41, 5.74) is 0. The molecule has 160 valence electrons. The topological polar surface area (TPSA) is 75.2 Å². The van der Waals surface area contributed by atoms with Crippen LogP contribution >= 0.6 is 0 Å². The lowest BCUT2D eigenvalue weighted by Crippen LogP contribution is -2.46. The van der Waals surface area contributed by atoms with Crippen molar-refractivity contribution < 1.29 is 14.3 Å². The third-order valence-electron chi connectivity index (χ3n) is 5.74. The molecule has 3 rings (SSSR count). The van der Waals surface area contributed by atoms with Crippen molar-refractivity contribution in [3.05, 3.63) is 24.3 Å². The lowest BCUT2D eigenvalue weighted by molar-refractivity contribution is -0.135. The average Bonchev–Trinajstić information content (AvgIpc) is 3.24. The molecule has 1 unspecified atom stereocenters. The SMILES string of the molecule is CN=C(NCCOc1ccc(OC)cc1)NC1CCN(C(=O)C2CCCCC2)C1. The summed E-state index contributed by atoms with van der Waals surface area (Å²) >= 11 is 0. The first kappa shape index (κ1) is 21.3. The van der Waals surface area contributed by atoms with Gasteiger partial charge in [0.1, 0.15) is 18.1 Å². The molecule has 7 heteroatoms. The minimum absolute atomic E-state index is 0.245. The van der Waals surface area contributed by atoms with Gasteiger partial charge in [-0.05, 0) is 43.5 Å². The van der Waals surface area contributed by atoms with E-state index in [9.17, 15) is 4.79 Å². The summed E-state index contributed by atoms with van der Waals surface area (Å²) in [4.78, 5) is 19.0. The van der Waals surface area contributed by atoms with Gasteiger partial charge in [0, 0.05) is 32.1 Å². The van der Waals surface area contributed by atoms with Crippen LogP contribution in [0.5, 0.6) is 11.5 Å². The van der Waals surface area contributed by atoms with Gasteiger partial charge < -0.3 is 25.0 Å². The molecule has 1 saturated carbocycles. The highest BCUT2D eigenvalue weighted by Gasteiger charge is 2.31. The second-order valence-electron chi connectivity index (χ2n) is 7.77. The van der Waals surface area contributed by atoms with Crippen LogP contribution in [0.2, 0.25) is 0 Å². The minimum Gasteiger partial charge on any atom is -0.497 e. The number of carbonyl (C=O) groups is 1. The number of amides is 1. The van der Waals surface area contributed by atoms with Crippen molar-refractivity contribution in [2.24, 2.45) is 10.9 Å². The maximum atomic E-state index is 12.7. The number of aliphatic imine (C=N–C) groups is 1. The van der Waals surface area contributed by atoms with Crippen LogP contribution in [-0.4, -0.2) is 63.2 Å². The number of methoxy groups -OCH3 is 1. The summed E-state index contributed by atoms with van der Waals surface area (Å²) in [5, 5.41) is 6.72. The predicted octanol–water partition coefficient (Wildman–Crippen LogP) is 2.42. The van der Waals surface area contributed by atoms with Gasteiger partial charge in [-0.15, -0.1) is 0 Å². The molecule has 1 aromatic carbocycles. The first-order valence-electron chi connectivity index (χ1n) is 10.7. The summed E-state index contributed by atoms with van der Waals surface area (Å²) in [6.45, 7) is 2.77. The Morgan fingerprint density at radius 2 is 1.86 bits per heavy atom. The Kier molecular flexibility index (Phi) is 8.02. The number of ether oxygens (including phenoxy) is 2. The molecule has 7 nitrogen and oxygen atoms in total. The van der Waals surface area contributed by atoms with Gasteiger partial charge in [-0.2, -0.15) is 0 Å². The third-order valence-corrected chi connectivity index (χ3v) is 5.74. The predicted molar refractivity (Wildman–Crippen MR) is 115 cm³/mol. The Morgan fingerprint density at radius 1 is 1.14 bits per heavy atom. The standard InChI is InChI=1S/C22H34N4O3/c1-23-22(24-13-15-29-20-10-8-19(28-2)9-11-20)25-18-12-14-26(16-18)21(27)17-6-4-3-5-7-17/h8-11,17-18H,3-7,12-16H2,1-2H3,(H2,23,24,25). The second-order valence-corrected chi connectivity index (χ2v) is 7.77. The van der Waals surface area contributed by atoms with E-state index in [2.05, 4.69) is 15.6 Å². The van der Waals surface area contributed by atoms with E-state index >= 15 is 0 Å². The fraction of sp³-hybridized carbons (Fsp3) is 0.636. The summed E-state index contributed by atoms with van der Waals surface area (Å²) in [7, 11) is 3.41. The average molecular weight is 403 g/mol. The fourth-order valence-electron chi connectivity index (χ4n) is 4.08. The molecule has 1 amide bonds. The number of nitrogens with zero attached hydrogens (tertiary/aromatic N) is 2. The van der Waals surface area contributed by atoms with Crippen LogP contribution in [-0.2, 0) is 4.79 Å². The van der Waals surface area contributed by atoms with Gasteiger partial charge in [-0.1, -0.05) is 19.3 Å². The van der Waals surface area contributed by atoms with E-state index in [1.165, 1.54) is 19.3 Å². The molecule has 29 heavy (non-hydrogen) atoms. The van der Waals surface area contributed by atoms with Gasteiger partial charge >= 0.3 is 0 Å². The first-order valence-corrected chi connectivity index (χ1v) is 10.7. The minimum atomic E-state index is 0.245. The van der Waals surface area contributed by atoms with Gasteiger partial charge in [0.05, 0.1) is 13.7 Å². The molecule has 0 bridgehead atoms.